The van der Waals surface area contributed by atoms with E-state index in [-0.39, 0.29) is 121 Å². The van der Waals surface area contributed by atoms with Gasteiger partial charge >= 0.3 is 5.97 Å². The highest BCUT2D eigenvalue weighted by molar-refractivity contribution is 6.00. The number of benzene rings is 2. The van der Waals surface area contributed by atoms with Gasteiger partial charge in [0.2, 0.25) is 70.9 Å². The van der Waals surface area contributed by atoms with E-state index in [1.54, 1.807) is 49.5 Å². The van der Waals surface area contributed by atoms with E-state index < -0.39 is 175 Å². The standard InChI is InChI=1S/C66H98N20O16/c1-3-4-17-44(80-61(98)51-31-39(88)34-85(51)63(100)47(21-13-27-74-66(71)72)81-58(95)46(77-36(2)87)22-24-53(67)90)56(93)82-48-23-25-54(91)102-76-28-11-10-19-43(55(68)92)78-60(97)50(30-38-33-75-42-18-9-8-16-41(38)42)83-57(94)45(20-12-26-73-65(69)70)79-59(96)49(29-37-14-6-5-7-15-37)84-62(99)52-32-40(89)35-86(52)64(48)101/h5-9,14-16,18,33,39-40,43-52,75-76,88-89H,3-4,10-13,17,19-32,34-35H2,1-2H3,(H2,67,90)(H2,68,92)(H,77,87)(H,78,97)(H,79,96)(H,80,98)(H,81,95)(H,82,93)(H,83,94)(H,84,99)(H4,69,70,73)(H4,71,72,74)/t39?,40?,43-,44-,45-,46-,47-,48-,49+,50-,51-,52-/m0/s1. The smallest absolute Gasteiger partial charge is 0.324 e. The molecule has 0 spiro atoms. The van der Waals surface area contributed by atoms with Crippen molar-refractivity contribution in [2.45, 2.75) is 202 Å². The Balaban J connectivity index is 1.32. The van der Waals surface area contributed by atoms with Crippen molar-refractivity contribution in [3.63, 3.8) is 0 Å². The van der Waals surface area contributed by atoms with E-state index in [2.05, 4.69) is 63.0 Å². The average Bonchev–Trinajstić information content (AvgIpc) is 1.65. The summed E-state index contributed by atoms with van der Waals surface area (Å²) in [5, 5.41) is 44.3. The number of nitrogens with one attached hydrogen (secondary N) is 10. The summed E-state index contributed by atoms with van der Waals surface area (Å²) in [6.45, 7) is 2.02. The van der Waals surface area contributed by atoms with Gasteiger partial charge in [-0.05, 0) is 81.4 Å². The molecule has 24 N–H and O–H groups in total. The largest absolute Gasteiger partial charge is 0.391 e. The molecule has 36 heteroatoms. The summed E-state index contributed by atoms with van der Waals surface area (Å²) in [6, 6.07) is 1.08. The Hall–Kier alpha value is -10.5. The number of β-amino-alcohol motifs (C(OH)–C–C–N with tert-alkyl or cyclic N) is 1. The summed E-state index contributed by atoms with van der Waals surface area (Å²) in [6.07, 6.45) is -2.58. The van der Waals surface area contributed by atoms with E-state index in [4.69, 9.17) is 39.2 Å². The van der Waals surface area contributed by atoms with Gasteiger partial charge < -0.3 is 107 Å². The van der Waals surface area contributed by atoms with E-state index in [0.29, 0.717) is 24.0 Å². The van der Waals surface area contributed by atoms with Gasteiger partial charge in [-0.2, -0.15) is 5.48 Å². The highest BCUT2D eigenvalue weighted by Gasteiger charge is 2.46. The van der Waals surface area contributed by atoms with Gasteiger partial charge in [-0.3, -0.25) is 72.3 Å². The molecule has 1 aromatic heterocycles. The van der Waals surface area contributed by atoms with Crippen LogP contribution in [0, 0.1) is 0 Å². The van der Waals surface area contributed by atoms with Crippen LogP contribution in [-0.4, -0.2) is 219 Å². The number of hydrogen-bond donors (Lipinski definition) is 18. The minimum atomic E-state index is -1.71. The maximum absolute atomic E-state index is 15.2. The zero-order valence-corrected chi connectivity index (χ0v) is 57.3. The van der Waals surface area contributed by atoms with Crippen molar-refractivity contribution < 1.29 is 77.4 Å². The van der Waals surface area contributed by atoms with Crippen LogP contribution < -0.4 is 82.4 Å². The molecule has 3 aromatic rings. The van der Waals surface area contributed by atoms with Crippen LogP contribution in [0.15, 0.2) is 70.8 Å². The Bertz CT molecular complexity index is 3490. The predicted octanol–water partition coefficient (Wildman–Crippen LogP) is -5.16. The molecule has 558 valence electrons. The highest BCUT2D eigenvalue weighted by atomic mass is 16.7. The van der Waals surface area contributed by atoms with Gasteiger partial charge in [0, 0.05) is 95.3 Å². The number of amides is 12. The van der Waals surface area contributed by atoms with Crippen LogP contribution in [-0.2, 0) is 80.0 Å². The van der Waals surface area contributed by atoms with Gasteiger partial charge in [0.25, 0.3) is 0 Å². The van der Waals surface area contributed by atoms with Gasteiger partial charge in [0.15, 0.2) is 11.9 Å². The topological polar surface area (TPSA) is 583 Å². The van der Waals surface area contributed by atoms with Crippen molar-refractivity contribution in [1.82, 2.24) is 62.8 Å². The number of aliphatic hydroxyl groups excluding tert-OH is 2. The number of fused-ring (bicyclic) bond motifs is 2. The van der Waals surface area contributed by atoms with E-state index in [9.17, 15) is 67.7 Å². The van der Waals surface area contributed by atoms with Gasteiger partial charge in [-0.1, -0.05) is 68.3 Å². The van der Waals surface area contributed by atoms with Crippen LogP contribution in [0.25, 0.3) is 10.9 Å². The lowest BCUT2D eigenvalue weighted by atomic mass is 10.0. The maximum Gasteiger partial charge on any atom is 0.324 e. The van der Waals surface area contributed by atoms with Crippen LogP contribution in [0.5, 0.6) is 0 Å². The summed E-state index contributed by atoms with van der Waals surface area (Å²) in [5.41, 5.74) is 37.8. The number of rotatable bonds is 27. The van der Waals surface area contributed by atoms with Crippen LogP contribution in [0.2, 0.25) is 0 Å². The molecule has 3 fully saturated rings. The third-order valence-electron chi connectivity index (χ3n) is 17.5. The van der Waals surface area contributed by atoms with Crippen molar-refractivity contribution in [1.29, 1.82) is 0 Å². The number of hydroxylamine groups is 1. The lowest BCUT2D eigenvalue weighted by Crippen LogP contribution is -2.60. The van der Waals surface area contributed by atoms with Gasteiger partial charge in [-0.15, -0.1) is 0 Å². The van der Waals surface area contributed by atoms with Gasteiger partial charge in [0.1, 0.15) is 60.4 Å². The molecule has 12 atom stereocenters. The van der Waals surface area contributed by atoms with E-state index in [0.717, 1.165) is 27.6 Å². The van der Waals surface area contributed by atoms with E-state index in [1.807, 2.05) is 18.2 Å². The van der Waals surface area contributed by atoms with Crippen LogP contribution in [0.4, 0.5) is 0 Å². The molecule has 0 bridgehead atoms. The number of aromatic amines is 1. The molecule has 3 aliphatic rings. The van der Waals surface area contributed by atoms with Crippen molar-refractivity contribution in [3.8, 4) is 0 Å². The summed E-state index contributed by atoms with van der Waals surface area (Å²) in [5.74, 6) is -11.9. The minimum Gasteiger partial charge on any atom is -0.391 e. The predicted molar refractivity (Wildman–Crippen MR) is 370 cm³/mol. The summed E-state index contributed by atoms with van der Waals surface area (Å²) >= 11 is 0. The van der Waals surface area contributed by atoms with Crippen molar-refractivity contribution in [2.75, 3.05) is 32.7 Å². The first-order chi connectivity index (χ1) is 48.6. The number of para-hydroxylation sites is 1. The molecule has 3 aliphatic heterocycles. The van der Waals surface area contributed by atoms with Gasteiger partial charge in [-0.25, -0.2) is 0 Å². The van der Waals surface area contributed by atoms with Crippen molar-refractivity contribution in [2.24, 2.45) is 44.4 Å². The lowest BCUT2D eigenvalue weighted by molar-refractivity contribution is -0.152. The second-order valence-electron chi connectivity index (χ2n) is 25.6. The van der Waals surface area contributed by atoms with Crippen LogP contribution in [0.1, 0.15) is 128 Å². The molecule has 3 saturated heterocycles. The monoisotopic (exact) mass is 1430 g/mol. The third kappa shape index (κ3) is 25.3. The molecule has 2 aromatic carbocycles. The number of aliphatic imine (C=N–C) groups is 2. The van der Waals surface area contributed by atoms with E-state index in [1.165, 1.54) is 0 Å². The highest BCUT2D eigenvalue weighted by Crippen LogP contribution is 2.25. The molecule has 0 aliphatic carbocycles. The molecular formula is C66H98N20O16. The molecule has 0 radical (unpaired) electrons. The Morgan fingerprint density at radius 2 is 1.29 bits per heavy atom. The number of likely N-dealkylation sites (tertiary alicyclic amines) is 1. The molecule has 6 rings (SSSR count). The van der Waals surface area contributed by atoms with Crippen LogP contribution in [0.3, 0.4) is 0 Å². The molecule has 102 heavy (non-hydrogen) atoms. The minimum absolute atomic E-state index is 0.000420. The maximum atomic E-state index is 15.2. The normalized spacial score (nSPS) is 23.0. The summed E-state index contributed by atoms with van der Waals surface area (Å²) in [4.78, 5) is 201. The second-order valence-corrected chi connectivity index (χ2v) is 25.6. The number of hydrogen-bond acceptors (Lipinski definition) is 19. The van der Waals surface area contributed by atoms with Crippen LogP contribution >= 0.6 is 0 Å². The number of H-pyrrole nitrogens is 1. The number of nitrogens with zero attached hydrogens (tertiary/aromatic N) is 4. The fourth-order valence-electron chi connectivity index (χ4n) is 12.2. The third-order valence-corrected chi connectivity index (χ3v) is 17.5. The number of aromatic nitrogens is 1. The Labute approximate surface area is 588 Å². The lowest BCUT2D eigenvalue weighted by Gasteiger charge is -2.32. The first-order valence-electron chi connectivity index (χ1n) is 34.2. The molecule has 2 unspecified atom stereocenters. The number of primary amides is 2. The number of nitrogens with two attached hydrogens (primary N) is 6. The molecule has 12 amide bonds. The SMILES string of the molecule is CCCC[C@H](NC(=O)[C@@H]1CC(O)CN1C(=O)[C@H](CCCN=C(N)N)NC(=O)[C@H](CCC(N)=O)NC(C)=O)C(=O)N[C@H]1CCC(=O)ONCCCC[C@@H](C(N)=O)NC(=O)[C@H](Cc2c[nH]c3ccccc23)NC(=O)[C@H](CCCN=C(N)N)NC(=O)[C@@H](Cc2ccccc2)NC(=O)[C@@H]2CC(O)CN2C1=O. The fraction of sp³-hybridized carbons (Fsp3) is 0.561. The zero-order valence-electron chi connectivity index (χ0n) is 57.3. The molecular weight excluding hydrogens is 1330 g/mol. The van der Waals surface area contributed by atoms with E-state index >= 15 is 4.79 Å². The average molecular weight is 1430 g/mol. The Morgan fingerprint density at radius 3 is 1.98 bits per heavy atom. The first kappa shape index (κ1) is 80.5. The summed E-state index contributed by atoms with van der Waals surface area (Å²) in [7, 11) is 0. The molecule has 4 heterocycles. The Morgan fingerprint density at radius 1 is 0.667 bits per heavy atom. The molecule has 0 saturated carbocycles. The number of guanidine groups is 2. The zero-order chi connectivity index (χ0) is 74.6. The second kappa shape index (κ2) is 40.1. The fourth-order valence-corrected chi connectivity index (χ4v) is 12.2. The number of carbonyl (C=O) groups excluding carboxylic acids is 13. The van der Waals surface area contributed by atoms with Crippen molar-refractivity contribution >= 4 is 99.7 Å². The van der Waals surface area contributed by atoms with Crippen molar-refractivity contribution in [3.05, 3.63) is 71.9 Å². The number of aliphatic hydroxyl groups is 2. The number of unbranched alkanes of at least 4 members (excludes halogenated alkanes) is 1. The van der Waals surface area contributed by atoms with Gasteiger partial charge in [0.05, 0.1) is 12.2 Å². The summed E-state index contributed by atoms with van der Waals surface area (Å²) < 4.78 is 0. The number of carbonyl (C=O) groups is 13. The Kier molecular flexibility index (Phi) is 31.6. The quantitative estimate of drug-likeness (QED) is 0.0193. The first-order valence-corrected chi connectivity index (χ1v) is 34.2. The molecule has 36 nitrogen and oxygen atoms in total.